The maximum atomic E-state index is 12.4. The first kappa shape index (κ1) is 15.3. The van der Waals surface area contributed by atoms with E-state index < -0.39 is 10.0 Å². The van der Waals surface area contributed by atoms with E-state index in [1.807, 2.05) is 6.07 Å². The zero-order valence-corrected chi connectivity index (χ0v) is 12.0. The smallest absolute Gasteiger partial charge is 0.246 e. The van der Waals surface area contributed by atoms with Gasteiger partial charge in [-0.1, -0.05) is 0 Å². The van der Waals surface area contributed by atoms with Crippen molar-refractivity contribution in [2.45, 2.75) is 31.2 Å². The lowest BCUT2D eigenvalue weighted by molar-refractivity contribution is 0.360. The first-order valence-electron chi connectivity index (χ1n) is 5.82. The van der Waals surface area contributed by atoms with Gasteiger partial charge in [-0.3, -0.25) is 0 Å². The number of nitriles is 1. The molecule has 0 unspecified atom stereocenters. The van der Waals surface area contributed by atoms with Gasteiger partial charge < -0.3 is 5.32 Å². The molecule has 1 heterocycles. The second kappa shape index (κ2) is 6.45. The molecule has 1 aromatic rings. The Hall–Kier alpha value is -1.72. The number of nitrogens with one attached hydrogen (secondary N) is 1. The van der Waals surface area contributed by atoms with Gasteiger partial charge in [-0.25, -0.2) is 18.4 Å². The third kappa shape index (κ3) is 3.62. The van der Waals surface area contributed by atoms with Crippen LogP contribution in [0.4, 0.5) is 5.95 Å². The highest BCUT2D eigenvalue weighted by Crippen LogP contribution is 2.17. The highest BCUT2D eigenvalue weighted by Gasteiger charge is 2.27. The first-order chi connectivity index (χ1) is 8.93. The average molecular weight is 283 g/mol. The first-order valence-corrected chi connectivity index (χ1v) is 7.26. The quantitative estimate of drug-likeness (QED) is 0.830. The second-order valence-corrected chi connectivity index (χ2v) is 6.00. The standard InChI is InChI=1S/C11H17N5O2S/c1-9(2)16(6-4-5-12)19(17,18)10-7-14-11(13-3)15-8-10/h7-9H,4,6H2,1-3H3,(H,13,14,15). The van der Waals surface area contributed by atoms with Gasteiger partial charge in [-0.15, -0.1) is 0 Å². The van der Waals surface area contributed by atoms with Crippen molar-refractivity contribution in [3.8, 4) is 6.07 Å². The van der Waals surface area contributed by atoms with Gasteiger partial charge in [0.15, 0.2) is 0 Å². The molecule has 0 bridgehead atoms. The summed E-state index contributed by atoms with van der Waals surface area (Å²) in [5, 5.41) is 11.3. The van der Waals surface area contributed by atoms with E-state index in [0.29, 0.717) is 5.95 Å². The Morgan fingerprint density at radius 2 is 2.00 bits per heavy atom. The largest absolute Gasteiger partial charge is 0.357 e. The maximum Gasteiger partial charge on any atom is 0.246 e. The molecular formula is C11H17N5O2S. The normalized spacial score (nSPS) is 11.6. The van der Waals surface area contributed by atoms with Crippen LogP contribution in [0.5, 0.6) is 0 Å². The summed E-state index contributed by atoms with van der Waals surface area (Å²) in [6, 6.07) is 1.71. The molecule has 0 fully saturated rings. The van der Waals surface area contributed by atoms with Crippen molar-refractivity contribution >= 4 is 16.0 Å². The molecule has 0 atom stereocenters. The van der Waals surface area contributed by atoms with Crippen LogP contribution in [0, 0.1) is 11.3 Å². The van der Waals surface area contributed by atoms with Gasteiger partial charge in [0.1, 0.15) is 4.90 Å². The van der Waals surface area contributed by atoms with Crippen molar-refractivity contribution in [3.63, 3.8) is 0 Å². The van der Waals surface area contributed by atoms with Crippen LogP contribution in [0.15, 0.2) is 17.3 Å². The van der Waals surface area contributed by atoms with Crippen LogP contribution in [0.1, 0.15) is 20.3 Å². The third-order valence-corrected chi connectivity index (χ3v) is 4.51. The molecule has 0 saturated heterocycles. The number of nitrogens with zero attached hydrogens (tertiary/aromatic N) is 4. The Kier molecular flexibility index (Phi) is 5.20. The number of hydrogen-bond acceptors (Lipinski definition) is 6. The highest BCUT2D eigenvalue weighted by atomic mass is 32.2. The van der Waals surface area contributed by atoms with Crippen LogP contribution in [-0.4, -0.2) is 42.3 Å². The van der Waals surface area contributed by atoms with Gasteiger partial charge in [-0.2, -0.15) is 9.57 Å². The van der Waals surface area contributed by atoms with E-state index in [2.05, 4.69) is 15.3 Å². The molecule has 0 aromatic carbocycles. The molecule has 0 spiro atoms. The summed E-state index contributed by atoms with van der Waals surface area (Å²) in [4.78, 5) is 7.81. The van der Waals surface area contributed by atoms with Gasteiger partial charge in [0.25, 0.3) is 0 Å². The molecule has 0 aliphatic heterocycles. The van der Waals surface area contributed by atoms with Crippen molar-refractivity contribution in [2.24, 2.45) is 0 Å². The molecule has 1 aromatic heterocycles. The summed E-state index contributed by atoms with van der Waals surface area (Å²) in [5.41, 5.74) is 0. The summed E-state index contributed by atoms with van der Waals surface area (Å²) in [5.74, 6) is 0.354. The number of hydrogen-bond donors (Lipinski definition) is 1. The van der Waals surface area contributed by atoms with E-state index >= 15 is 0 Å². The Bertz CT molecular complexity index is 547. The minimum atomic E-state index is -3.67. The molecule has 0 saturated carbocycles. The highest BCUT2D eigenvalue weighted by molar-refractivity contribution is 7.89. The van der Waals surface area contributed by atoms with Crippen LogP contribution < -0.4 is 5.32 Å². The third-order valence-electron chi connectivity index (χ3n) is 2.48. The van der Waals surface area contributed by atoms with Crippen molar-refractivity contribution in [1.82, 2.24) is 14.3 Å². The summed E-state index contributed by atoms with van der Waals surface area (Å²) in [7, 11) is -2.02. The van der Waals surface area contributed by atoms with E-state index in [4.69, 9.17) is 5.26 Å². The molecule has 0 radical (unpaired) electrons. The van der Waals surface area contributed by atoms with Gasteiger partial charge in [-0.05, 0) is 13.8 Å². The predicted molar refractivity (Wildman–Crippen MR) is 70.8 cm³/mol. The Balaban J connectivity index is 3.08. The topological polar surface area (TPSA) is 99.0 Å². The summed E-state index contributed by atoms with van der Waals surface area (Å²) in [6.07, 6.45) is 2.67. The van der Waals surface area contributed by atoms with Crippen molar-refractivity contribution in [2.75, 3.05) is 18.9 Å². The van der Waals surface area contributed by atoms with Gasteiger partial charge in [0.05, 0.1) is 18.5 Å². The van der Waals surface area contributed by atoms with E-state index in [1.54, 1.807) is 20.9 Å². The lowest BCUT2D eigenvalue weighted by atomic mass is 10.3. The fourth-order valence-electron chi connectivity index (χ4n) is 1.53. The molecule has 8 heteroatoms. The minimum Gasteiger partial charge on any atom is -0.357 e. The molecular weight excluding hydrogens is 266 g/mol. The van der Waals surface area contributed by atoms with Gasteiger partial charge in [0.2, 0.25) is 16.0 Å². The lowest BCUT2D eigenvalue weighted by Crippen LogP contribution is -2.37. The summed E-state index contributed by atoms with van der Waals surface area (Å²) < 4.78 is 26.1. The van der Waals surface area contributed by atoms with Crippen molar-refractivity contribution in [3.05, 3.63) is 12.4 Å². The lowest BCUT2D eigenvalue weighted by Gasteiger charge is -2.24. The number of aromatic nitrogens is 2. The molecule has 1 rings (SSSR count). The van der Waals surface area contributed by atoms with Crippen molar-refractivity contribution < 1.29 is 8.42 Å². The molecule has 104 valence electrons. The molecule has 1 N–H and O–H groups in total. The molecule has 0 aliphatic rings. The fourth-order valence-corrected chi connectivity index (χ4v) is 3.06. The number of anilines is 1. The predicted octanol–water partition coefficient (Wildman–Crippen LogP) is 0.831. The fraction of sp³-hybridized carbons (Fsp3) is 0.545. The molecule has 0 amide bonds. The Morgan fingerprint density at radius 1 is 1.42 bits per heavy atom. The second-order valence-electron chi connectivity index (χ2n) is 4.11. The Morgan fingerprint density at radius 3 is 2.42 bits per heavy atom. The molecule has 7 nitrogen and oxygen atoms in total. The molecule has 0 aliphatic carbocycles. The van der Waals surface area contributed by atoms with Gasteiger partial charge in [0, 0.05) is 26.1 Å². The van der Waals surface area contributed by atoms with E-state index in [0.717, 1.165) is 0 Å². The van der Waals surface area contributed by atoms with Crippen LogP contribution in [0.3, 0.4) is 0 Å². The van der Waals surface area contributed by atoms with Gasteiger partial charge >= 0.3 is 0 Å². The van der Waals surface area contributed by atoms with E-state index in [9.17, 15) is 8.42 Å². The van der Waals surface area contributed by atoms with Crippen LogP contribution in [-0.2, 0) is 10.0 Å². The van der Waals surface area contributed by atoms with Crippen LogP contribution in [0.25, 0.3) is 0 Å². The zero-order chi connectivity index (χ0) is 14.5. The van der Waals surface area contributed by atoms with Crippen molar-refractivity contribution in [1.29, 1.82) is 5.26 Å². The summed E-state index contributed by atoms with van der Waals surface area (Å²) in [6.45, 7) is 3.68. The minimum absolute atomic E-state index is 0.0261. The van der Waals surface area contributed by atoms with E-state index in [-0.39, 0.29) is 23.9 Å². The SMILES string of the molecule is CNc1ncc(S(=O)(=O)N(CCC#N)C(C)C)cn1. The molecule has 19 heavy (non-hydrogen) atoms. The number of sulfonamides is 1. The summed E-state index contributed by atoms with van der Waals surface area (Å²) >= 11 is 0. The average Bonchev–Trinajstić information content (AvgIpc) is 2.38. The van der Waals surface area contributed by atoms with E-state index in [1.165, 1.54) is 16.7 Å². The monoisotopic (exact) mass is 283 g/mol. The van der Waals surface area contributed by atoms with Crippen LogP contribution in [0.2, 0.25) is 0 Å². The Labute approximate surface area is 113 Å². The number of rotatable bonds is 6. The maximum absolute atomic E-state index is 12.4. The zero-order valence-electron chi connectivity index (χ0n) is 11.2. The van der Waals surface area contributed by atoms with Crippen LogP contribution >= 0.6 is 0 Å².